The number of aromatic nitrogens is 1. The van der Waals surface area contributed by atoms with E-state index in [1.54, 1.807) is 17.0 Å². The largest absolute Gasteiger partial charge is 0.478 e. The number of aromatic carboxylic acids is 1. The van der Waals surface area contributed by atoms with Crippen molar-refractivity contribution in [3.05, 3.63) is 46.9 Å². The topological polar surface area (TPSA) is 79.7 Å². The molecule has 0 unspecified atom stereocenters. The van der Waals surface area contributed by atoms with Crippen LogP contribution in [0.1, 0.15) is 54.2 Å². The Bertz CT molecular complexity index is 956. The number of carbonyl (C=O) groups is 2. The molecule has 1 atom stereocenters. The number of halogens is 1. The molecule has 146 valence electrons. The molecule has 1 saturated heterocycles. The number of carboxylic acids is 1. The Hall–Kier alpha value is -2.80. The van der Waals surface area contributed by atoms with Gasteiger partial charge in [-0.3, -0.25) is 9.69 Å². The van der Waals surface area contributed by atoms with E-state index in [1.165, 1.54) is 12.1 Å². The Labute approximate surface area is 162 Å². The van der Waals surface area contributed by atoms with Crippen molar-refractivity contribution in [1.29, 1.82) is 0 Å². The molecule has 2 aromatic rings. The van der Waals surface area contributed by atoms with E-state index >= 15 is 0 Å². The minimum atomic E-state index is -1.10. The molecule has 1 N–H and O–H groups in total. The summed E-state index contributed by atoms with van der Waals surface area (Å²) in [5.74, 6) is -1.25. The molecular formula is C21H21FN2O4. The molecule has 0 saturated carbocycles. The van der Waals surface area contributed by atoms with E-state index in [4.69, 9.17) is 4.74 Å². The first-order valence-electron chi connectivity index (χ1n) is 9.34. The molecule has 1 aromatic carbocycles. The molecule has 1 aromatic heterocycles. The fraction of sp³-hybridized carbons (Fsp3) is 0.381. The molecule has 7 heteroatoms. The molecule has 0 aliphatic carbocycles. The van der Waals surface area contributed by atoms with Crippen LogP contribution in [0.3, 0.4) is 0 Å². The maximum Gasteiger partial charge on any atom is 0.338 e. The molecule has 2 aliphatic rings. The Morgan fingerprint density at radius 2 is 2.04 bits per heavy atom. The Balaban J connectivity index is 2.07. The van der Waals surface area contributed by atoms with Crippen LogP contribution in [0.25, 0.3) is 11.1 Å². The van der Waals surface area contributed by atoms with E-state index in [9.17, 15) is 19.1 Å². The van der Waals surface area contributed by atoms with Crippen LogP contribution in [-0.2, 0) is 16.1 Å². The fourth-order valence-electron chi connectivity index (χ4n) is 4.02. The zero-order chi connectivity index (χ0) is 20.0. The van der Waals surface area contributed by atoms with E-state index < -0.39 is 11.8 Å². The molecule has 0 spiro atoms. The first kappa shape index (κ1) is 18.6. The normalized spacial score (nSPS) is 18.8. The second-order valence-corrected chi connectivity index (χ2v) is 7.49. The van der Waals surface area contributed by atoms with Crippen molar-refractivity contribution in [3.8, 4) is 11.1 Å². The number of hydrogen-bond donors (Lipinski definition) is 1. The number of rotatable bonds is 3. The minimum Gasteiger partial charge on any atom is -0.478 e. The average Bonchev–Trinajstić information content (AvgIpc) is 2.91. The highest BCUT2D eigenvalue weighted by atomic mass is 19.1. The highest BCUT2D eigenvalue weighted by Crippen LogP contribution is 2.41. The molecule has 2 aliphatic heterocycles. The van der Waals surface area contributed by atoms with Gasteiger partial charge in [-0.1, -0.05) is 26.0 Å². The van der Waals surface area contributed by atoms with Gasteiger partial charge in [-0.15, -0.1) is 0 Å². The van der Waals surface area contributed by atoms with Crippen molar-refractivity contribution < 1.29 is 23.8 Å². The van der Waals surface area contributed by atoms with Gasteiger partial charge in [-0.25, -0.2) is 14.2 Å². The van der Waals surface area contributed by atoms with Gasteiger partial charge in [0.1, 0.15) is 11.6 Å². The van der Waals surface area contributed by atoms with Gasteiger partial charge in [-0.2, -0.15) is 0 Å². The highest BCUT2D eigenvalue weighted by molar-refractivity contribution is 6.02. The monoisotopic (exact) mass is 384 g/mol. The number of fused-ring (bicyclic) bond motifs is 3. The van der Waals surface area contributed by atoms with Gasteiger partial charge in [0.05, 0.1) is 30.5 Å². The third kappa shape index (κ3) is 2.96. The molecule has 3 heterocycles. The number of amides is 1. The maximum absolute atomic E-state index is 13.5. The van der Waals surface area contributed by atoms with Gasteiger partial charge in [0, 0.05) is 17.5 Å². The average molecular weight is 384 g/mol. The lowest BCUT2D eigenvalue weighted by Crippen LogP contribution is -2.36. The van der Waals surface area contributed by atoms with Crippen molar-refractivity contribution in [3.63, 3.8) is 0 Å². The van der Waals surface area contributed by atoms with Gasteiger partial charge in [0.15, 0.2) is 0 Å². The summed E-state index contributed by atoms with van der Waals surface area (Å²) in [4.78, 5) is 31.1. The number of benzene rings is 1. The van der Waals surface area contributed by atoms with E-state index in [1.807, 2.05) is 13.8 Å². The lowest BCUT2D eigenvalue weighted by molar-refractivity contribution is -0.117. The zero-order valence-electron chi connectivity index (χ0n) is 15.7. The smallest absolute Gasteiger partial charge is 0.338 e. The van der Waals surface area contributed by atoms with Gasteiger partial charge in [0.25, 0.3) is 0 Å². The van der Waals surface area contributed by atoms with Crippen molar-refractivity contribution in [1.82, 2.24) is 4.98 Å². The van der Waals surface area contributed by atoms with Crippen LogP contribution in [0.5, 0.6) is 0 Å². The summed E-state index contributed by atoms with van der Waals surface area (Å²) in [5, 5.41) is 9.99. The Morgan fingerprint density at radius 1 is 1.32 bits per heavy atom. The molecule has 1 fully saturated rings. The Kier molecular flexibility index (Phi) is 4.63. The number of hydrogen-bond acceptors (Lipinski definition) is 4. The van der Waals surface area contributed by atoms with Crippen molar-refractivity contribution in [2.24, 2.45) is 0 Å². The molecule has 0 bridgehead atoms. The van der Waals surface area contributed by atoms with Gasteiger partial charge in [-0.05, 0) is 30.0 Å². The number of anilines is 1. The van der Waals surface area contributed by atoms with Crippen LogP contribution in [0, 0.1) is 5.82 Å². The van der Waals surface area contributed by atoms with Crippen molar-refractivity contribution in [2.75, 3.05) is 11.5 Å². The summed E-state index contributed by atoms with van der Waals surface area (Å²) < 4.78 is 19.3. The number of ether oxygens (including phenoxy) is 1. The predicted octanol–water partition coefficient (Wildman–Crippen LogP) is 3.73. The third-order valence-electron chi connectivity index (χ3n) is 5.31. The maximum atomic E-state index is 13.5. The molecular weight excluding hydrogens is 363 g/mol. The van der Waals surface area contributed by atoms with E-state index in [2.05, 4.69) is 4.98 Å². The number of carbonyl (C=O) groups excluding carboxylic acids is 1. The molecule has 4 rings (SSSR count). The number of carboxylic acid groups (broad SMARTS) is 1. The van der Waals surface area contributed by atoms with Gasteiger partial charge in [0.2, 0.25) is 5.91 Å². The molecule has 6 nitrogen and oxygen atoms in total. The fourth-order valence-corrected chi connectivity index (χ4v) is 4.02. The van der Waals surface area contributed by atoms with Crippen LogP contribution >= 0.6 is 0 Å². The summed E-state index contributed by atoms with van der Waals surface area (Å²) in [6.45, 7) is 4.26. The van der Waals surface area contributed by atoms with Crippen LogP contribution in [0.15, 0.2) is 24.3 Å². The van der Waals surface area contributed by atoms with E-state index in [0.717, 1.165) is 0 Å². The zero-order valence-corrected chi connectivity index (χ0v) is 15.7. The quantitative estimate of drug-likeness (QED) is 0.872. The first-order valence-corrected chi connectivity index (χ1v) is 9.34. The second-order valence-electron chi connectivity index (χ2n) is 7.49. The third-order valence-corrected chi connectivity index (χ3v) is 5.31. The number of pyridine rings is 1. The lowest BCUT2D eigenvalue weighted by atomic mass is 9.90. The predicted molar refractivity (Wildman–Crippen MR) is 101 cm³/mol. The van der Waals surface area contributed by atoms with E-state index in [-0.39, 0.29) is 30.0 Å². The van der Waals surface area contributed by atoms with Crippen LogP contribution in [-0.4, -0.2) is 34.6 Å². The van der Waals surface area contributed by atoms with Gasteiger partial charge < -0.3 is 9.84 Å². The second kappa shape index (κ2) is 6.98. The van der Waals surface area contributed by atoms with Crippen LogP contribution < -0.4 is 4.90 Å². The number of nitrogens with zero attached hydrogens (tertiary/aromatic N) is 2. The lowest BCUT2D eigenvalue weighted by Gasteiger charge is -2.26. The first-order chi connectivity index (χ1) is 13.4. The van der Waals surface area contributed by atoms with Crippen LogP contribution in [0.2, 0.25) is 0 Å². The summed E-state index contributed by atoms with van der Waals surface area (Å²) in [7, 11) is 0. The minimum absolute atomic E-state index is 0.0351. The van der Waals surface area contributed by atoms with Gasteiger partial charge >= 0.3 is 5.97 Å². The molecule has 1 amide bonds. The summed E-state index contributed by atoms with van der Waals surface area (Å²) in [5.41, 5.74) is 2.06. The van der Waals surface area contributed by atoms with Crippen LogP contribution in [0.4, 0.5) is 10.2 Å². The summed E-state index contributed by atoms with van der Waals surface area (Å²) >= 11 is 0. The van der Waals surface area contributed by atoms with E-state index in [0.29, 0.717) is 47.7 Å². The highest BCUT2D eigenvalue weighted by Gasteiger charge is 2.39. The summed E-state index contributed by atoms with van der Waals surface area (Å²) in [6, 6.07) is 5.60. The summed E-state index contributed by atoms with van der Waals surface area (Å²) in [6.07, 6.45) is 1.10. The SMILES string of the molecule is CC(C)c1nc2c(c(-c3ccc(F)cc3)c1C(=O)O)COC[C@H]1CCC(=O)N21. The molecule has 0 radical (unpaired) electrons. The van der Waals surface area contributed by atoms with Crippen molar-refractivity contribution in [2.45, 2.75) is 45.3 Å². The Morgan fingerprint density at radius 3 is 2.68 bits per heavy atom. The standard InChI is InChI=1S/C21H21FN2O4/c1-11(2)19-18(21(26)27)17(12-3-5-13(22)6-4-12)15-10-28-9-14-7-8-16(25)24(14)20(15)23-19/h3-6,11,14H,7-10H2,1-2H3,(H,26,27)/t14-/m1/s1. The molecule has 28 heavy (non-hydrogen) atoms. The van der Waals surface area contributed by atoms with Crippen molar-refractivity contribution >= 4 is 17.7 Å².